The Balaban J connectivity index is 0.000000606. The highest BCUT2D eigenvalue weighted by molar-refractivity contribution is 5.22. The molecule has 0 bridgehead atoms. The molecule has 0 saturated heterocycles. The van der Waals surface area contributed by atoms with E-state index in [9.17, 15) is 0 Å². The molecule has 1 aliphatic rings. The Hall–Kier alpha value is -0.890. The molecule has 0 saturated carbocycles. The van der Waals surface area contributed by atoms with Crippen molar-refractivity contribution in [2.24, 2.45) is 0 Å². The number of nitrogens with zero attached hydrogens (tertiary/aromatic N) is 2. The van der Waals surface area contributed by atoms with Crippen LogP contribution in [0.5, 0.6) is 0 Å². The summed E-state index contributed by atoms with van der Waals surface area (Å²) in [6.45, 7) is 13.0. The maximum Gasteiger partial charge on any atom is 0.0461 e. The van der Waals surface area contributed by atoms with Crippen LogP contribution in [0.25, 0.3) is 0 Å². The van der Waals surface area contributed by atoms with Gasteiger partial charge in [0.1, 0.15) is 0 Å². The van der Waals surface area contributed by atoms with Gasteiger partial charge in [-0.2, -0.15) is 0 Å². The van der Waals surface area contributed by atoms with E-state index in [1.807, 2.05) is 26.1 Å². The van der Waals surface area contributed by atoms with Crippen LogP contribution in [0.4, 0.5) is 0 Å². The van der Waals surface area contributed by atoms with Gasteiger partial charge in [-0.1, -0.05) is 19.9 Å². The lowest BCUT2D eigenvalue weighted by atomic mass is 9.99. The van der Waals surface area contributed by atoms with Gasteiger partial charge in [0, 0.05) is 36.9 Å². The smallest absolute Gasteiger partial charge is 0.0461 e. The van der Waals surface area contributed by atoms with E-state index in [0.29, 0.717) is 0 Å². The lowest BCUT2D eigenvalue weighted by molar-refractivity contribution is 0.120. The van der Waals surface area contributed by atoms with Crippen molar-refractivity contribution in [1.82, 2.24) is 9.88 Å². The molecule has 1 aromatic heterocycles. The minimum Gasteiger partial charge on any atom is -0.294 e. The fourth-order valence-corrected chi connectivity index (χ4v) is 1.94. The van der Waals surface area contributed by atoms with Crippen LogP contribution >= 0.6 is 0 Å². The largest absolute Gasteiger partial charge is 0.294 e. The molecule has 2 heteroatoms. The van der Waals surface area contributed by atoms with Crippen molar-refractivity contribution in [2.45, 2.75) is 53.1 Å². The monoisotopic (exact) mass is 220 g/mol. The van der Waals surface area contributed by atoms with Crippen molar-refractivity contribution in [3.8, 4) is 0 Å². The molecule has 2 heterocycles. The van der Waals surface area contributed by atoms with Crippen LogP contribution in [0.2, 0.25) is 0 Å². The lowest BCUT2D eigenvalue weighted by Gasteiger charge is -2.38. The van der Waals surface area contributed by atoms with Crippen LogP contribution in [0.3, 0.4) is 0 Å². The summed E-state index contributed by atoms with van der Waals surface area (Å²) in [5.41, 5.74) is 2.95. The Kier molecular flexibility index (Phi) is 4.48. The summed E-state index contributed by atoms with van der Waals surface area (Å²) in [5, 5.41) is 0. The topological polar surface area (TPSA) is 16.1 Å². The lowest BCUT2D eigenvalue weighted by Crippen LogP contribution is -2.44. The summed E-state index contributed by atoms with van der Waals surface area (Å²) in [7, 11) is 0. The quantitative estimate of drug-likeness (QED) is 0.667. The first-order valence-corrected chi connectivity index (χ1v) is 6.25. The average molecular weight is 220 g/mol. The third-order valence-electron chi connectivity index (χ3n) is 2.91. The molecule has 16 heavy (non-hydrogen) atoms. The minimum atomic E-state index is 0.271. The number of rotatable bonds is 0. The highest BCUT2D eigenvalue weighted by atomic mass is 15.2. The molecule has 0 aromatic carbocycles. The van der Waals surface area contributed by atoms with Crippen LogP contribution in [0.1, 0.15) is 45.9 Å². The molecule has 0 unspecified atom stereocenters. The van der Waals surface area contributed by atoms with E-state index in [4.69, 9.17) is 0 Å². The number of hydrogen-bond acceptors (Lipinski definition) is 2. The maximum atomic E-state index is 4.41. The molecule has 0 aliphatic carbocycles. The number of hydrogen-bond donors (Lipinski definition) is 0. The standard InChI is InChI=1S/C12H18N2.C2H6/c1-12(2,3)14-8-6-11-10(9-14)5-4-7-13-11;1-2/h4-5,7H,6,8-9H2,1-3H3;1-2H3. The molecule has 90 valence electrons. The Morgan fingerprint density at radius 1 is 1.25 bits per heavy atom. The second kappa shape index (κ2) is 5.44. The third kappa shape index (κ3) is 3.05. The summed E-state index contributed by atoms with van der Waals surface area (Å²) in [6.07, 6.45) is 2.99. The fourth-order valence-electron chi connectivity index (χ4n) is 1.94. The van der Waals surface area contributed by atoms with Gasteiger partial charge in [-0.25, -0.2) is 0 Å². The molecular weight excluding hydrogens is 196 g/mol. The van der Waals surface area contributed by atoms with E-state index in [1.54, 1.807) is 0 Å². The molecule has 0 radical (unpaired) electrons. The van der Waals surface area contributed by atoms with Gasteiger partial charge in [0.25, 0.3) is 0 Å². The maximum absolute atomic E-state index is 4.41. The van der Waals surface area contributed by atoms with Crippen molar-refractivity contribution in [1.29, 1.82) is 0 Å². The Bertz CT molecular complexity index is 326. The van der Waals surface area contributed by atoms with Crippen molar-refractivity contribution in [2.75, 3.05) is 6.54 Å². The second-order valence-corrected chi connectivity index (χ2v) is 4.95. The molecular formula is C14H24N2. The number of fused-ring (bicyclic) bond motifs is 1. The Morgan fingerprint density at radius 3 is 2.56 bits per heavy atom. The zero-order chi connectivity index (χ0) is 12.2. The highest BCUT2D eigenvalue weighted by Gasteiger charge is 2.25. The molecule has 0 amide bonds. The minimum absolute atomic E-state index is 0.271. The molecule has 0 fully saturated rings. The predicted octanol–water partition coefficient (Wildman–Crippen LogP) is 3.26. The summed E-state index contributed by atoms with van der Waals surface area (Å²) in [5.74, 6) is 0. The third-order valence-corrected chi connectivity index (χ3v) is 2.91. The van der Waals surface area contributed by atoms with E-state index < -0.39 is 0 Å². The van der Waals surface area contributed by atoms with Gasteiger partial charge in [-0.05, 0) is 32.4 Å². The van der Waals surface area contributed by atoms with Crippen molar-refractivity contribution in [3.63, 3.8) is 0 Å². The molecule has 0 N–H and O–H groups in total. The fraction of sp³-hybridized carbons (Fsp3) is 0.643. The van der Waals surface area contributed by atoms with Gasteiger partial charge in [0.05, 0.1) is 0 Å². The van der Waals surface area contributed by atoms with Gasteiger partial charge in [-0.3, -0.25) is 9.88 Å². The van der Waals surface area contributed by atoms with Gasteiger partial charge in [-0.15, -0.1) is 0 Å². The Morgan fingerprint density at radius 2 is 1.94 bits per heavy atom. The number of aromatic nitrogens is 1. The van der Waals surface area contributed by atoms with Crippen molar-refractivity contribution >= 4 is 0 Å². The van der Waals surface area contributed by atoms with Gasteiger partial charge in [0.2, 0.25) is 0 Å². The van der Waals surface area contributed by atoms with Gasteiger partial charge < -0.3 is 0 Å². The zero-order valence-electron chi connectivity index (χ0n) is 11.2. The van der Waals surface area contributed by atoms with Crippen molar-refractivity contribution in [3.05, 3.63) is 29.6 Å². The first-order valence-electron chi connectivity index (χ1n) is 6.25. The first-order chi connectivity index (χ1) is 7.57. The van der Waals surface area contributed by atoms with Crippen molar-refractivity contribution < 1.29 is 0 Å². The molecule has 2 nitrogen and oxygen atoms in total. The van der Waals surface area contributed by atoms with Crippen LogP contribution < -0.4 is 0 Å². The normalized spacial score (nSPS) is 16.1. The van der Waals surface area contributed by atoms with Crippen LogP contribution in [-0.2, 0) is 13.0 Å². The van der Waals surface area contributed by atoms with Crippen LogP contribution in [-0.4, -0.2) is 22.0 Å². The zero-order valence-corrected chi connectivity index (χ0v) is 11.2. The summed E-state index contributed by atoms with van der Waals surface area (Å²) in [6, 6.07) is 4.23. The molecule has 0 atom stereocenters. The first kappa shape index (κ1) is 13.2. The molecule has 1 aromatic rings. The molecule has 2 rings (SSSR count). The predicted molar refractivity (Wildman–Crippen MR) is 69.5 cm³/mol. The second-order valence-electron chi connectivity index (χ2n) is 4.95. The Labute approximate surface area is 99.7 Å². The summed E-state index contributed by atoms with van der Waals surface area (Å²) >= 11 is 0. The van der Waals surface area contributed by atoms with E-state index in [2.05, 4.69) is 36.7 Å². The van der Waals surface area contributed by atoms with Crippen LogP contribution in [0.15, 0.2) is 18.3 Å². The van der Waals surface area contributed by atoms with E-state index in [-0.39, 0.29) is 5.54 Å². The van der Waals surface area contributed by atoms with Gasteiger partial charge in [0.15, 0.2) is 0 Å². The average Bonchev–Trinajstić information content (AvgIpc) is 2.30. The van der Waals surface area contributed by atoms with Gasteiger partial charge >= 0.3 is 0 Å². The van der Waals surface area contributed by atoms with E-state index in [0.717, 1.165) is 19.5 Å². The van der Waals surface area contributed by atoms with Crippen LogP contribution in [0, 0.1) is 0 Å². The summed E-state index contributed by atoms with van der Waals surface area (Å²) in [4.78, 5) is 6.92. The SMILES string of the molecule is CC.CC(C)(C)N1CCc2ncccc2C1. The molecule has 1 aliphatic heterocycles. The van der Waals surface area contributed by atoms with E-state index >= 15 is 0 Å². The molecule has 0 spiro atoms. The number of pyridine rings is 1. The summed E-state index contributed by atoms with van der Waals surface area (Å²) < 4.78 is 0. The highest BCUT2D eigenvalue weighted by Crippen LogP contribution is 2.23. The van der Waals surface area contributed by atoms with E-state index in [1.165, 1.54) is 11.3 Å².